The van der Waals surface area contributed by atoms with Crippen LogP contribution in [0.25, 0.3) is 0 Å². The molecule has 0 saturated heterocycles. The number of hydrogen-bond donors (Lipinski definition) is 2. The number of carbonyl (C=O) groups excluding carboxylic acids is 1. The number of nitrogens with one attached hydrogen (secondary N) is 1. The maximum Gasteiger partial charge on any atom is 0.221 e. The minimum atomic E-state index is -0.203. The maximum atomic E-state index is 12.0. The molecule has 18 heavy (non-hydrogen) atoms. The van der Waals surface area contributed by atoms with Gasteiger partial charge in [-0.05, 0) is 46.2 Å². The molecule has 0 bridgehead atoms. The Balaban J connectivity index is 1.80. The number of hydrogen-bond acceptors (Lipinski definition) is 3. The van der Waals surface area contributed by atoms with Crippen molar-refractivity contribution >= 4 is 5.91 Å². The second-order valence-corrected chi connectivity index (χ2v) is 6.50. The summed E-state index contributed by atoms with van der Waals surface area (Å²) in [5, 5.41) is 3.11. The van der Waals surface area contributed by atoms with Gasteiger partial charge < -0.3 is 16.0 Å². The minimum absolute atomic E-state index is 0.130. The van der Waals surface area contributed by atoms with Crippen molar-refractivity contribution in [2.75, 3.05) is 20.6 Å². The number of rotatable bonds is 5. The number of amides is 1. The summed E-state index contributed by atoms with van der Waals surface area (Å²) in [6.07, 6.45) is 8.59. The van der Waals surface area contributed by atoms with Gasteiger partial charge in [0.1, 0.15) is 0 Å². The highest BCUT2D eigenvalue weighted by atomic mass is 16.1. The summed E-state index contributed by atoms with van der Waals surface area (Å²) >= 11 is 0. The highest BCUT2D eigenvalue weighted by molar-refractivity contribution is 5.77. The Morgan fingerprint density at radius 1 is 1.17 bits per heavy atom. The van der Waals surface area contributed by atoms with Crippen LogP contribution in [0.15, 0.2) is 0 Å². The van der Waals surface area contributed by atoms with Gasteiger partial charge in [-0.2, -0.15) is 0 Å². The molecule has 0 aromatic heterocycles. The molecule has 2 aliphatic rings. The zero-order chi connectivity index (χ0) is 13.2. The van der Waals surface area contributed by atoms with Gasteiger partial charge in [0.05, 0.1) is 0 Å². The third kappa shape index (κ3) is 2.86. The van der Waals surface area contributed by atoms with Gasteiger partial charge >= 0.3 is 0 Å². The molecule has 104 valence electrons. The van der Waals surface area contributed by atoms with Gasteiger partial charge in [0.2, 0.25) is 5.91 Å². The second kappa shape index (κ2) is 5.17. The Kier molecular flexibility index (Phi) is 3.97. The van der Waals surface area contributed by atoms with E-state index in [1.54, 1.807) is 0 Å². The van der Waals surface area contributed by atoms with E-state index in [2.05, 4.69) is 24.3 Å². The van der Waals surface area contributed by atoms with E-state index in [1.165, 1.54) is 32.1 Å². The van der Waals surface area contributed by atoms with Crippen molar-refractivity contribution in [2.45, 2.75) is 62.4 Å². The summed E-state index contributed by atoms with van der Waals surface area (Å²) in [5.41, 5.74) is 6.08. The van der Waals surface area contributed by atoms with Crippen LogP contribution in [-0.2, 0) is 4.79 Å². The molecule has 0 radical (unpaired) electrons. The van der Waals surface area contributed by atoms with Gasteiger partial charge in [-0.1, -0.05) is 12.8 Å². The molecular weight excluding hydrogens is 226 g/mol. The fraction of sp³-hybridized carbons (Fsp3) is 0.929. The van der Waals surface area contributed by atoms with Crippen LogP contribution >= 0.6 is 0 Å². The van der Waals surface area contributed by atoms with Gasteiger partial charge in [-0.3, -0.25) is 4.79 Å². The number of carbonyl (C=O) groups is 1. The van der Waals surface area contributed by atoms with Crippen LogP contribution < -0.4 is 11.1 Å². The molecule has 2 fully saturated rings. The summed E-state index contributed by atoms with van der Waals surface area (Å²) in [5.74, 6) is 0.130. The lowest BCUT2D eigenvalue weighted by molar-refractivity contribution is -0.123. The molecule has 0 aliphatic heterocycles. The van der Waals surface area contributed by atoms with Gasteiger partial charge in [0.25, 0.3) is 0 Å². The summed E-state index contributed by atoms with van der Waals surface area (Å²) in [6.45, 7) is 0.773. The lowest BCUT2D eigenvalue weighted by Gasteiger charge is -2.39. The van der Waals surface area contributed by atoms with E-state index in [0.29, 0.717) is 6.42 Å². The predicted octanol–water partition coefficient (Wildman–Crippen LogP) is 1.25. The summed E-state index contributed by atoms with van der Waals surface area (Å²) in [7, 11) is 4.24. The molecule has 0 spiro atoms. The quantitative estimate of drug-likeness (QED) is 0.775. The molecule has 4 nitrogen and oxygen atoms in total. The number of likely N-dealkylation sites (N-methyl/N-ethyl adjacent to an activating group) is 1. The fourth-order valence-corrected chi connectivity index (χ4v) is 3.27. The SMILES string of the molecule is CN(C)C1(CNC(=O)CC2(N)CCC2)CCCC1. The molecule has 3 N–H and O–H groups in total. The zero-order valence-electron chi connectivity index (χ0n) is 11.8. The number of nitrogens with two attached hydrogens (primary N) is 1. The average Bonchev–Trinajstić information content (AvgIpc) is 2.74. The summed E-state index contributed by atoms with van der Waals surface area (Å²) < 4.78 is 0. The van der Waals surface area contributed by atoms with E-state index in [-0.39, 0.29) is 17.0 Å². The number of nitrogens with zero attached hydrogens (tertiary/aromatic N) is 1. The van der Waals surface area contributed by atoms with E-state index >= 15 is 0 Å². The monoisotopic (exact) mass is 253 g/mol. The van der Waals surface area contributed by atoms with Crippen LogP contribution in [0.2, 0.25) is 0 Å². The van der Waals surface area contributed by atoms with Crippen LogP contribution in [-0.4, -0.2) is 42.5 Å². The Hall–Kier alpha value is -0.610. The first kappa shape index (κ1) is 13.8. The van der Waals surface area contributed by atoms with Crippen LogP contribution in [0.3, 0.4) is 0 Å². The van der Waals surface area contributed by atoms with E-state index in [9.17, 15) is 4.79 Å². The van der Waals surface area contributed by atoms with Gasteiger partial charge in [0, 0.05) is 24.0 Å². The normalized spacial score (nSPS) is 24.9. The molecule has 0 aromatic carbocycles. The van der Waals surface area contributed by atoms with E-state index < -0.39 is 0 Å². The summed E-state index contributed by atoms with van der Waals surface area (Å²) in [4.78, 5) is 14.2. The molecule has 2 rings (SSSR count). The van der Waals surface area contributed by atoms with Gasteiger partial charge in [0.15, 0.2) is 0 Å². The van der Waals surface area contributed by atoms with Crippen molar-refractivity contribution in [3.05, 3.63) is 0 Å². The van der Waals surface area contributed by atoms with E-state index in [4.69, 9.17) is 5.73 Å². The highest BCUT2D eigenvalue weighted by Gasteiger charge is 2.38. The molecule has 0 atom stereocenters. The average molecular weight is 253 g/mol. The molecular formula is C14H27N3O. The summed E-state index contributed by atoms with van der Waals surface area (Å²) in [6, 6.07) is 0. The van der Waals surface area contributed by atoms with E-state index in [1.807, 2.05) is 0 Å². The van der Waals surface area contributed by atoms with E-state index in [0.717, 1.165) is 19.4 Å². The first-order valence-electron chi connectivity index (χ1n) is 7.19. The highest BCUT2D eigenvalue weighted by Crippen LogP contribution is 2.34. The van der Waals surface area contributed by atoms with Crippen molar-refractivity contribution < 1.29 is 4.79 Å². The van der Waals surface area contributed by atoms with Crippen LogP contribution in [0.4, 0.5) is 0 Å². The second-order valence-electron chi connectivity index (χ2n) is 6.50. The smallest absolute Gasteiger partial charge is 0.221 e. The zero-order valence-corrected chi connectivity index (χ0v) is 11.8. The molecule has 0 heterocycles. The van der Waals surface area contributed by atoms with Crippen molar-refractivity contribution in [1.29, 1.82) is 0 Å². The van der Waals surface area contributed by atoms with Crippen molar-refractivity contribution in [3.8, 4) is 0 Å². The Bertz CT molecular complexity index is 304. The third-order valence-electron chi connectivity index (χ3n) is 4.96. The molecule has 0 unspecified atom stereocenters. The van der Waals surface area contributed by atoms with Crippen LogP contribution in [0.5, 0.6) is 0 Å². The standard InChI is InChI=1S/C14H27N3O/c1-17(2)14(8-3-4-9-14)11-16-12(18)10-13(15)6-5-7-13/h3-11,15H2,1-2H3,(H,16,18). The van der Waals surface area contributed by atoms with Gasteiger partial charge in [-0.25, -0.2) is 0 Å². The first-order valence-corrected chi connectivity index (χ1v) is 7.19. The van der Waals surface area contributed by atoms with Crippen LogP contribution in [0.1, 0.15) is 51.4 Å². The molecule has 1 amide bonds. The predicted molar refractivity (Wildman–Crippen MR) is 73.3 cm³/mol. The lowest BCUT2D eigenvalue weighted by atomic mass is 9.75. The fourth-order valence-electron chi connectivity index (χ4n) is 3.27. The molecule has 4 heteroatoms. The molecule has 2 saturated carbocycles. The largest absolute Gasteiger partial charge is 0.354 e. The van der Waals surface area contributed by atoms with Crippen molar-refractivity contribution in [3.63, 3.8) is 0 Å². The van der Waals surface area contributed by atoms with Crippen molar-refractivity contribution in [2.24, 2.45) is 5.73 Å². The lowest BCUT2D eigenvalue weighted by Crippen LogP contribution is -2.54. The van der Waals surface area contributed by atoms with Gasteiger partial charge in [-0.15, -0.1) is 0 Å². The Morgan fingerprint density at radius 2 is 1.78 bits per heavy atom. The Morgan fingerprint density at radius 3 is 2.22 bits per heavy atom. The minimum Gasteiger partial charge on any atom is -0.354 e. The van der Waals surface area contributed by atoms with Crippen LogP contribution in [0, 0.1) is 0 Å². The molecule has 0 aromatic rings. The maximum absolute atomic E-state index is 12.0. The first-order chi connectivity index (χ1) is 8.46. The van der Waals surface area contributed by atoms with Crippen molar-refractivity contribution in [1.82, 2.24) is 10.2 Å². The molecule has 2 aliphatic carbocycles. The third-order valence-corrected chi connectivity index (χ3v) is 4.96. The Labute approximate surface area is 110 Å². The topological polar surface area (TPSA) is 58.4 Å².